The van der Waals surface area contributed by atoms with E-state index in [1.165, 1.54) is 38.0 Å². The fourth-order valence-corrected chi connectivity index (χ4v) is 10.0. The van der Waals surface area contributed by atoms with Crippen molar-refractivity contribution < 1.29 is 54.7 Å². The van der Waals surface area contributed by atoms with Crippen LogP contribution >= 0.6 is 77.0 Å². The molecular weight excluding hydrogens is 1200 g/mol. The second-order valence-corrected chi connectivity index (χ2v) is 24.1. The quantitative estimate of drug-likeness (QED) is 0.0504. The molecule has 2 heterocycles. The van der Waals surface area contributed by atoms with Gasteiger partial charge >= 0.3 is 19.5 Å². The molecule has 2 aromatic heterocycles. The molecule has 0 spiro atoms. The maximum atomic E-state index is 12.7. The Morgan fingerprint density at radius 2 is 1.27 bits per heavy atom. The summed E-state index contributed by atoms with van der Waals surface area (Å²) in [6, 6.07) is 6.99. The topological polar surface area (TPSA) is 135 Å². The van der Waals surface area contributed by atoms with Gasteiger partial charge in [0, 0.05) is 64.2 Å². The number of benzene rings is 2. The van der Waals surface area contributed by atoms with Gasteiger partial charge in [-0.2, -0.15) is 13.8 Å². The largest absolute Gasteiger partial charge is 2.00 e. The Bertz CT molecular complexity index is 2380. The van der Waals surface area contributed by atoms with Gasteiger partial charge in [-0.3, -0.25) is 18.2 Å². The smallest absolute Gasteiger partial charge is 0.460 e. The summed E-state index contributed by atoms with van der Waals surface area (Å²) >= 11 is 11.5. The maximum Gasteiger partial charge on any atom is 2.00 e. The molecule has 0 N–H and O–H groups in total. The van der Waals surface area contributed by atoms with Crippen molar-refractivity contribution in [2.75, 3.05) is 37.7 Å². The Morgan fingerprint density at radius 3 is 1.66 bits per heavy atom. The fraction of sp³-hybridized carbons (Fsp3) is 0.476. The van der Waals surface area contributed by atoms with Crippen molar-refractivity contribution in [3.63, 3.8) is 0 Å². The summed E-state index contributed by atoms with van der Waals surface area (Å²) in [5, 5.41) is 1.49. The number of Topliss-reactive ketones (excluding diaryl/α,β-unsaturated/α-hetero) is 2. The number of nitrogens with zero attached hydrogens (tertiary/aromatic N) is 2. The third kappa shape index (κ3) is 12.0. The van der Waals surface area contributed by atoms with Crippen LogP contribution in [0, 0.1) is 19.8 Å². The van der Waals surface area contributed by atoms with Crippen molar-refractivity contribution in [2.45, 2.75) is 90.9 Å². The van der Waals surface area contributed by atoms with Gasteiger partial charge < -0.3 is 22.7 Å². The Balaban J connectivity index is 0.000000349. The zero-order chi connectivity index (χ0) is 43.9. The van der Waals surface area contributed by atoms with Crippen molar-refractivity contribution in [2.24, 2.45) is 5.92 Å². The fourth-order valence-electron chi connectivity index (χ4n) is 7.53. The van der Waals surface area contributed by atoms with Gasteiger partial charge in [-0.1, -0.05) is 71.5 Å². The van der Waals surface area contributed by atoms with E-state index in [0.29, 0.717) is 72.5 Å². The summed E-state index contributed by atoms with van der Waals surface area (Å²) in [7, 11) is -3.80. The minimum atomic E-state index is -3.40. The molecule has 2 aromatic carbocycles. The first-order chi connectivity index (χ1) is 27.3. The number of furan rings is 2. The molecule has 2 saturated carbocycles. The number of fused-ring (bicyclic) bond motifs is 3. The third-order valence-corrected chi connectivity index (χ3v) is 14.2. The number of carbonyl (C=O) groups excluding carboxylic acids is 2. The van der Waals surface area contributed by atoms with Crippen LogP contribution in [0.25, 0.3) is 27.5 Å². The summed E-state index contributed by atoms with van der Waals surface area (Å²) < 4.78 is 64.7. The van der Waals surface area contributed by atoms with E-state index >= 15 is 0 Å². The summed E-state index contributed by atoms with van der Waals surface area (Å²) in [6.45, 7) is 13.7. The molecule has 2 atom stereocenters. The Morgan fingerprint density at radius 1 is 0.814 bits per heavy atom. The molecular formula is C42H54Br2I2N2O8S2Zn. The molecule has 0 aliphatic heterocycles. The number of carbonyl (C=O) groups is 2. The number of halogens is 4. The summed E-state index contributed by atoms with van der Waals surface area (Å²) in [5.41, 5.74) is 4.46. The molecule has 3 aliphatic carbocycles. The first-order valence-electron chi connectivity index (χ1n) is 19.0. The van der Waals surface area contributed by atoms with Gasteiger partial charge in [-0.15, -0.1) is 0 Å². The molecule has 59 heavy (non-hydrogen) atoms. The standard InChI is InChI=1S/C19H22BrNO4S.C18H20BrNO4S.2C2H5.CH2I2.Zn/c1-4-15(22)17-12-8-13(20)14(21(2)26(3,23)24)9-16(12)25-18(17)19-7-5-6-11(19)10-19;1-4-15(21)17-12-9-13(19)14(20(2)25(3,22)23)10-16(12)24-18(17)11-7-5-6-8-11;2*1-2;2-1-3;/h8-9,11H,4-7,10H2,1-3H3;7,9-10H,4-6,8H2,1-3H3;2*1H2,2H3;1H2;/q;;2*-1;;+2. The van der Waals surface area contributed by atoms with E-state index in [0.717, 1.165) is 61.3 Å². The van der Waals surface area contributed by atoms with Gasteiger partial charge in [0.05, 0.1) is 37.4 Å². The predicted molar refractivity (Wildman–Crippen MR) is 264 cm³/mol. The Hall–Kier alpha value is -0.857. The number of alkyl halides is 2. The van der Waals surface area contributed by atoms with Gasteiger partial charge in [0.15, 0.2) is 11.6 Å². The van der Waals surface area contributed by atoms with E-state index in [-0.39, 0.29) is 36.5 Å². The number of sulfonamides is 2. The van der Waals surface area contributed by atoms with Crippen LogP contribution < -0.4 is 8.61 Å². The van der Waals surface area contributed by atoms with Crippen molar-refractivity contribution >= 4 is 148 Å². The molecule has 10 nitrogen and oxygen atoms in total. The molecule has 4 aromatic rings. The number of anilines is 2. The van der Waals surface area contributed by atoms with E-state index in [1.807, 2.05) is 19.9 Å². The molecule has 0 radical (unpaired) electrons. The van der Waals surface area contributed by atoms with E-state index in [9.17, 15) is 26.4 Å². The molecule has 2 fully saturated rings. The van der Waals surface area contributed by atoms with Crippen LogP contribution in [0.2, 0.25) is 0 Å². The van der Waals surface area contributed by atoms with Crippen LogP contribution in [0.4, 0.5) is 11.4 Å². The molecule has 0 amide bonds. The Labute approximate surface area is 408 Å². The van der Waals surface area contributed by atoms with Crippen LogP contribution in [-0.2, 0) is 44.9 Å². The molecule has 322 valence electrons. The van der Waals surface area contributed by atoms with Crippen molar-refractivity contribution in [3.05, 3.63) is 75.8 Å². The number of hydrogen-bond acceptors (Lipinski definition) is 8. The van der Waals surface area contributed by atoms with Gasteiger partial charge in [-0.25, -0.2) is 16.8 Å². The molecule has 0 bridgehead atoms. The van der Waals surface area contributed by atoms with Crippen LogP contribution in [0.5, 0.6) is 0 Å². The zero-order valence-corrected chi connectivity index (χ0v) is 47.2. The molecule has 3 aliphatic rings. The van der Waals surface area contributed by atoms with Crippen molar-refractivity contribution in [1.82, 2.24) is 0 Å². The minimum Gasteiger partial charge on any atom is -0.460 e. The molecule has 0 saturated heterocycles. The molecule has 17 heteroatoms. The van der Waals surface area contributed by atoms with Gasteiger partial charge in [0.1, 0.15) is 22.7 Å². The average molecular weight is 1260 g/mol. The first-order valence-corrected chi connectivity index (χ1v) is 27.4. The van der Waals surface area contributed by atoms with Crippen molar-refractivity contribution in [3.8, 4) is 0 Å². The number of rotatable bonds is 10. The van der Waals surface area contributed by atoms with Gasteiger partial charge in [0.25, 0.3) is 0 Å². The second kappa shape index (κ2) is 23.2. The number of allylic oxidation sites excluding steroid dienone is 2. The predicted octanol–water partition coefficient (Wildman–Crippen LogP) is 12.9. The first kappa shape index (κ1) is 54.3. The average Bonchev–Trinajstić information content (AvgIpc) is 3.73. The normalized spacial score (nSPS) is 17.7. The van der Waals surface area contributed by atoms with Crippen LogP contribution in [0.3, 0.4) is 0 Å². The number of hydrogen-bond donors (Lipinski definition) is 0. The van der Waals surface area contributed by atoms with Crippen LogP contribution in [0.1, 0.15) is 118 Å². The van der Waals surface area contributed by atoms with E-state index in [4.69, 9.17) is 8.83 Å². The zero-order valence-electron chi connectivity index (χ0n) is 35.1. The number of ketones is 2. The minimum absolute atomic E-state index is 0. The van der Waals surface area contributed by atoms with E-state index in [2.05, 4.69) is 97.0 Å². The van der Waals surface area contributed by atoms with Gasteiger partial charge in [-0.05, 0) is 94.0 Å². The van der Waals surface area contributed by atoms with Crippen LogP contribution in [0.15, 0.2) is 48.1 Å². The monoisotopic (exact) mass is 1250 g/mol. The summed E-state index contributed by atoms with van der Waals surface area (Å²) in [5.74, 6) is 2.19. The second-order valence-electron chi connectivity index (χ2n) is 13.9. The molecule has 2 unspecified atom stereocenters. The van der Waals surface area contributed by atoms with Crippen molar-refractivity contribution in [1.29, 1.82) is 0 Å². The SMILES string of the molecule is CCC(=O)c1c(C23CCCC2C3)oc2cc(N(C)S(C)(=O)=O)c(Br)cc12.CCC(=O)c1c(C2=CCCC2)oc2cc(N(C)S(C)(=O)=O)c(Br)cc12.ICI.[CH2-]C.[CH2-]C.[Zn+2]. The summed E-state index contributed by atoms with van der Waals surface area (Å²) in [4.78, 5) is 25.3. The molecule has 7 rings (SSSR count). The van der Waals surface area contributed by atoms with E-state index in [1.54, 1.807) is 32.0 Å². The third-order valence-electron chi connectivity index (χ3n) is 10.6. The maximum absolute atomic E-state index is 12.7. The van der Waals surface area contributed by atoms with E-state index < -0.39 is 20.0 Å². The van der Waals surface area contributed by atoms with Crippen LogP contribution in [-0.4, -0.2) is 57.4 Å². The van der Waals surface area contributed by atoms with Gasteiger partial charge in [0.2, 0.25) is 20.0 Å². The summed E-state index contributed by atoms with van der Waals surface area (Å²) in [6.07, 6.45) is 12.7. The Kier molecular flexibility index (Phi) is 21.3.